The van der Waals surface area contributed by atoms with E-state index in [9.17, 15) is 18.0 Å². The Bertz CT molecular complexity index is 902. The van der Waals surface area contributed by atoms with Crippen LogP contribution in [0, 0.1) is 5.92 Å². The van der Waals surface area contributed by atoms with E-state index in [1.807, 2.05) is 4.90 Å². The number of amides is 1. The molecular formula is C23H34N2O6S. The van der Waals surface area contributed by atoms with Gasteiger partial charge < -0.3 is 14.4 Å². The number of ether oxygens (including phenoxy) is 2. The highest BCUT2D eigenvalue weighted by Gasteiger charge is 2.36. The molecule has 2 fully saturated rings. The highest BCUT2D eigenvalue weighted by atomic mass is 32.2. The number of benzene rings is 1. The molecule has 1 amide bonds. The van der Waals surface area contributed by atoms with Gasteiger partial charge in [0.15, 0.2) is 6.10 Å². The van der Waals surface area contributed by atoms with Crippen molar-refractivity contribution in [3.05, 3.63) is 24.3 Å². The van der Waals surface area contributed by atoms with Gasteiger partial charge in [0.2, 0.25) is 10.0 Å². The fraction of sp³-hybridized carbons (Fsp3) is 0.652. The molecule has 0 saturated carbocycles. The number of nitrogens with zero attached hydrogens (tertiary/aromatic N) is 2. The van der Waals surface area contributed by atoms with Crippen molar-refractivity contribution in [2.75, 3.05) is 26.7 Å². The van der Waals surface area contributed by atoms with Crippen LogP contribution in [0.3, 0.4) is 0 Å². The Morgan fingerprint density at radius 3 is 2.47 bits per heavy atom. The first-order valence-corrected chi connectivity index (χ1v) is 12.9. The lowest BCUT2D eigenvalue weighted by Gasteiger charge is -2.37. The van der Waals surface area contributed by atoms with Crippen LogP contribution in [-0.2, 0) is 24.3 Å². The van der Waals surface area contributed by atoms with Crippen LogP contribution in [0.4, 0.5) is 0 Å². The van der Waals surface area contributed by atoms with E-state index in [0.29, 0.717) is 31.7 Å². The third kappa shape index (κ3) is 5.43. The summed E-state index contributed by atoms with van der Waals surface area (Å²) in [4.78, 5) is 27.7. The van der Waals surface area contributed by atoms with Gasteiger partial charge in [0.05, 0.1) is 17.9 Å². The van der Waals surface area contributed by atoms with Gasteiger partial charge in [-0.05, 0) is 69.7 Å². The van der Waals surface area contributed by atoms with E-state index in [1.54, 1.807) is 19.1 Å². The molecule has 8 nitrogen and oxygen atoms in total. The molecule has 178 valence electrons. The summed E-state index contributed by atoms with van der Waals surface area (Å²) >= 11 is 0. The fourth-order valence-corrected chi connectivity index (χ4v) is 6.04. The highest BCUT2D eigenvalue weighted by molar-refractivity contribution is 7.89. The maximum absolute atomic E-state index is 13.0. The maximum atomic E-state index is 13.0. The largest absolute Gasteiger partial charge is 0.497 e. The lowest BCUT2D eigenvalue weighted by Crippen LogP contribution is -2.49. The molecule has 2 aliphatic rings. The van der Waals surface area contributed by atoms with Crippen molar-refractivity contribution in [2.24, 2.45) is 5.92 Å². The Morgan fingerprint density at radius 2 is 1.81 bits per heavy atom. The molecule has 0 aromatic heterocycles. The number of likely N-dealkylation sites (tertiary alicyclic amines) is 1. The molecule has 1 aromatic rings. The normalized spacial score (nSPS) is 23.4. The SMILES string of the molecule is CCC1CCCCN1C(=O)C(C)OC(=O)C1CCCN(S(=O)(=O)c2ccc(OC)cc2)C1. The molecule has 3 unspecified atom stereocenters. The summed E-state index contributed by atoms with van der Waals surface area (Å²) in [5, 5.41) is 0. The van der Waals surface area contributed by atoms with Gasteiger partial charge in [-0.2, -0.15) is 4.31 Å². The average Bonchev–Trinajstić information content (AvgIpc) is 2.83. The van der Waals surface area contributed by atoms with Gasteiger partial charge in [0.1, 0.15) is 5.75 Å². The first-order chi connectivity index (χ1) is 15.3. The number of rotatable bonds is 7. The molecule has 2 aliphatic heterocycles. The third-order valence-corrected chi connectivity index (χ3v) is 8.32. The van der Waals surface area contributed by atoms with Crippen LogP contribution in [0.25, 0.3) is 0 Å². The predicted molar refractivity (Wildman–Crippen MR) is 120 cm³/mol. The Kier molecular flexibility index (Phi) is 8.16. The standard InChI is InChI=1S/C23H34N2O6S/c1-4-19-9-5-6-15-25(19)22(26)17(2)31-23(27)18-8-7-14-24(16-18)32(28,29)21-12-10-20(30-3)11-13-21/h10-13,17-19H,4-9,14-16H2,1-3H3. The van der Waals surface area contributed by atoms with Crippen LogP contribution in [0.15, 0.2) is 29.2 Å². The molecule has 0 aliphatic carbocycles. The van der Waals surface area contributed by atoms with Crippen molar-refractivity contribution in [3.63, 3.8) is 0 Å². The molecule has 2 heterocycles. The summed E-state index contributed by atoms with van der Waals surface area (Å²) in [6.07, 6.45) is 4.15. The van der Waals surface area contributed by atoms with E-state index in [0.717, 1.165) is 25.7 Å². The van der Waals surface area contributed by atoms with Gasteiger partial charge in [-0.3, -0.25) is 9.59 Å². The topological polar surface area (TPSA) is 93.2 Å². The summed E-state index contributed by atoms with van der Waals surface area (Å²) in [6, 6.07) is 6.39. The Hall–Kier alpha value is -2.13. The summed E-state index contributed by atoms with van der Waals surface area (Å²) in [5.74, 6) is -0.689. The van der Waals surface area contributed by atoms with E-state index in [-0.39, 0.29) is 23.4 Å². The van der Waals surface area contributed by atoms with Crippen LogP contribution >= 0.6 is 0 Å². The number of hydrogen-bond acceptors (Lipinski definition) is 6. The zero-order valence-corrected chi connectivity index (χ0v) is 20.0. The minimum Gasteiger partial charge on any atom is -0.497 e. The number of hydrogen-bond donors (Lipinski definition) is 0. The van der Waals surface area contributed by atoms with Crippen molar-refractivity contribution in [2.45, 2.75) is 69.4 Å². The Balaban J connectivity index is 1.62. The van der Waals surface area contributed by atoms with Crippen LogP contribution < -0.4 is 4.74 Å². The molecule has 0 N–H and O–H groups in total. The van der Waals surface area contributed by atoms with Crippen LogP contribution in [0.5, 0.6) is 5.75 Å². The van der Waals surface area contributed by atoms with Gasteiger partial charge in [-0.15, -0.1) is 0 Å². The zero-order chi connectivity index (χ0) is 23.3. The van der Waals surface area contributed by atoms with E-state index >= 15 is 0 Å². The van der Waals surface area contributed by atoms with Crippen molar-refractivity contribution >= 4 is 21.9 Å². The van der Waals surface area contributed by atoms with Crippen molar-refractivity contribution < 1.29 is 27.5 Å². The van der Waals surface area contributed by atoms with E-state index < -0.39 is 28.0 Å². The van der Waals surface area contributed by atoms with Gasteiger partial charge >= 0.3 is 5.97 Å². The Morgan fingerprint density at radius 1 is 1.09 bits per heavy atom. The third-order valence-electron chi connectivity index (χ3n) is 6.44. The minimum atomic E-state index is -3.73. The monoisotopic (exact) mass is 466 g/mol. The minimum absolute atomic E-state index is 0.0510. The second-order valence-electron chi connectivity index (χ2n) is 8.55. The Labute approximate surface area is 190 Å². The van der Waals surface area contributed by atoms with Gasteiger partial charge in [-0.25, -0.2) is 8.42 Å². The smallest absolute Gasteiger partial charge is 0.311 e. The summed E-state index contributed by atoms with van der Waals surface area (Å²) < 4.78 is 38.0. The molecule has 9 heteroatoms. The summed E-state index contributed by atoms with van der Waals surface area (Å²) in [6.45, 7) is 4.76. The number of carbonyl (C=O) groups is 2. The number of esters is 1. The quantitative estimate of drug-likeness (QED) is 0.574. The molecule has 0 radical (unpaired) electrons. The lowest BCUT2D eigenvalue weighted by atomic mass is 9.99. The molecule has 0 bridgehead atoms. The van der Waals surface area contributed by atoms with Crippen molar-refractivity contribution in [1.82, 2.24) is 9.21 Å². The molecular weight excluding hydrogens is 432 g/mol. The molecule has 2 saturated heterocycles. The predicted octanol–water partition coefficient (Wildman–Crippen LogP) is 2.82. The highest BCUT2D eigenvalue weighted by Crippen LogP contribution is 2.27. The van der Waals surface area contributed by atoms with E-state index in [2.05, 4.69) is 6.92 Å². The van der Waals surface area contributed by atoms with Crippen LogP contribution in [0.1, 0.15) is 52.4 Å². The van der Waals surface area contributed by atoms with Gasteiger partial charge in [-0.1, -0.05) is 6.92 Å². The maximum Gasteiger partial charge on any atom is 0.311 e. The molecule has 0 spiro atoms. The first kappa shape index (κ1) is 24.5. The van der Waals surface area contributed by atoms with Crippen molar-refractivity contribution in [3.8, 4) is 5.75 Å². The second kappa shape index (κ2) is 10.7. The second-order valence-corrected chi connectivity index (χ2v) is 10.5. The van der Waals surface area contributed by atoms with Crippen LogP contribution in [0.2, 0.25) is 0 Å². The van der Waals surface area contributed by atoms with Crippen molar-refractivity contribution in [1.29, 1.82) is 0 Å². The number of methoxy groups -OCH3 is 1. The van der Waals surface area contributed by atoms with Gasteiger partial charge in [0.25, 0.3) is 5.91 Å². The zero-order valence-electron chi connectivity index (χ0n) is 19.2. The molecule has 3 atom stereocenters. The van der Waals surface area contributed by atoms with Crippen LogP contribution in [-0.4, -0.2) is 68.4 Å². The average molecular weight is 467 g/mol. The molecule has 3 rings (SSSR count). The lowest BCUT2D eigenvalue weighted by molar-refractivity contribution is -0.165. The molecule has 32 heavy (non-hydrogen) atoms. The summed E-state index contributed by atoms with van der Waals surface area (Å²) in [5.41, 5.74) is 0. The number of sulfonamides is 1. The number of piperidine rings is 2. The number of carbonyl (C=O) groups excluding carboxylic acids is 2. The van der Waals surface area contributed by atoms with E-state index in [1.165, 1.54) is 23.5 Å². The van der Waals surface area contributed by atoms with Gasteiger partial charge in [0, 0.05) is 25.7 Å². The molecule has 1 aromatic carbocycles. The summed E-state index contributed by atoms with van der Waals surface area (Å²) in [7, 11) is -2.21. The first-order valence-electron chi connectivity index (χ1n) is 11.4. The fourth-order valence-electron chi connectivity index (χ4n) is 4.52. The van der Waals surface area contributed by atoms with E-state index in [4.69, 9.17) is 9.47 Å².